The molecule has 112 valence electrons. The maximum atomic E-state index is 13.1. The molecule has 0 aliphatic carbocycles. The molecule has 1 aliphatic rings. The molecule has 0 bridgehead atoms. The molecule has 1 aromatic carbocycles. The Bertz CT molecular complexity index is 613. The molecule has 0 radical (unpaired) electrons. The standard InChI is InChI=1S/C15H16F3N3/c16-15(17,18)12-6-2-1-5-11(12)13-9-20-14(21-13)10-4-3-7-19-8-10/h1-2,5-6,9-10,19H,3-4,7-8H2,(H,20,21). The third-order valence-electron chi connectivity index (χ3n) is 3.80. The number of halogens is 3. The van der Waals surface area contributed by atoms with Crippen LogP contribution in [0.5, 0.6) is 0 Å². The lowest BCUT2D eigenvalue weighted by atomic mass is 9.99. The topological polar surface area (TPSA) is 40.7 Å². The van der Waals surface area contributed by atoms with Crippen LogP contribution in [0.1, 0.15) is 30.1 Å². The number of nitrogens with zero attached hydrogens (tertiary/aromatic N) is 1. The van der Waals surface area contributed by atoms with Crippen LogP contribution in [0.15, 0.2) is 30.5 Å². The molecule has 6 heteroatoms. The second-order valence-corrected chi connectivity index (χ2v) is 5.27. The Morgan fingerprint density at radius 2 is 2.00 bits per heavy atom. The number of aromatic nitrogens is 2. The summed E-state index contributed by atoms with van der Waals surface area (Å²) in [4.78, 5) is 7.34. The van der Waals surface area contributed by atoms with Gasteiger partial charge < -0.3 is 10.3 Å². The van der Waals surface area contributed by atoms with E-state index in [4.69, 9.17) is 0 Å². The van der Waals surface area contributed by atoms with Crippen molar-refractivity contribution in [2.75, 3.05) is 13.1 Å². The van der Waals surface area contributed by atoms with Crippen molar-refractivity contribution in [3.8, 4) is 11.3 Å². The van der Waals surface area contributed by atoms with Gasteiger partial charge in [-0.15, -0.1) is 0 Å². The van der Waals surface area contributed by atoms with E-state index in [1.807, 2.05) is 0 Å². The fourth-order valence-electron chi connectivity index (χ4n) is 2.73. The molecule has 1 atom stereocenters. The molecule has 0 amide bonds. The quantitative estimate of drug-likeness (QED) is 0.889. The lowest BCUT2D eigenvalue weighted by Gasteiger charge is -2.20. The summed E-state index contributed by atoms with van der Waals surface area (Å²) in [6.45, 7) is 1.80. The van der Waals surface area contributed by atoms with E-state index in [2.05, 4.69) is 15.3 Å². The number of hydrogen-bond acceptors (Lipinski definition) is 2. The number of hydrogen-bond donors (Lipinski definition) is 2. The predicted molar refractivity (Wildman–Crippen MR) is 73.9 cm³/mol. The number of aromatic amines is 1. The predicted octanol–water partition coefficient (Wildman–Crippen LogP) is 3.56. The molecule has 2 heterocycles. The van der Waals surface area contributed by atoms with Gasteiger partial charge in [0.15, 0.2) is 0 Å². The van der Waals surface area contributed by atoms with E-state index in [0.29, 0.717) is 5.69 Å². The van der Waals surface area contributed by atoms with Crippen molar-refractivity contribution < 1.29 is 13.2 Å². The van der Waals surface area contributed by atoms with Crippen molar-refractivity contribution in [3.05, 3.63) is 41.9 Å². The molecule has 3 nitrogen and oxygen atoms in total. The molecule has 1 aliphatic heterocycles. The van der Waals surface area contributed by atoms with Crippen LogP contribution in [0.3, 0.4) is 0 Å². The van der Waals surface area contributed by atoms with Gasteiger partial charge in [-0.2, -0.15) is 13.2 Å². The Labute approximate surface area is 120 Å². The first-order valence-electron chi connectivity index (χ1n) is 6.98. The Balaban J connectivity index is 1.93. The van der Waals surface area contributed by atoms with Gasteiger partial charge in [0, 0.05) is 18.0 Å². The van der Waals surface area contributed by atoms with E-state index in [9.17, 15) is 13.2 Å². The van der Waals surface area contributed by atoms with Crippen molar-refractivity contribution in [2.24, 2.45) is 0 Å². The summed E-state index contributed by atoms with van der Waals surface area (Å²) in [5.41, 5.74) is -0.0713. The first-order valence-corrected chi connectivity index (χ1v) is 6.98. The molecule has 1 aromatic heterocycles. The summed E-state index contributed by atoms with van der Waals surface area (Å²) in [5.74, 6) is 1.000. The normalized spacial score (nSPS) is 19.7. The highest BCUT2D eigenvalue weighted by molar-refractivity contribution is 5.64. The van der Waals surface area contributed by atoms with Crippen LogP contribution in [0.4, 0.5) is 13.2 Å². The van der Waals surface area contributed by atoms with Crippen LogP contribution in [-0.4, -0.2) is 23.1 Å². The average molecular weight is 295 g/mol. The van der Waals surface area contributed by atoms with Gasteiger partial charge in [-0.05, 0) is 25.5 Å². The minimum atomic E-state index is -4.37. The van der Waals surface area contributed by atoms with E-state index in [0.717, 1.165) is 37.8 Å². The molecule has 1 unspecified atom stereocenters. The zero-order valence-electron chi connectivity index (χ0n) is 11.4. The van der Waals surface area contributed by atoms with Gasteiger partial charge in [0.2, 0.25) is 0 Å². The number of imidazole rings is 1. The molecule has 0 spiro atoms. The maximum absolute atomic E-state index is 13.1. The lowest BCUT2D eigenvalue weighted by Crippen LogP contribution is -2.28. The summed E-state index contributed by atoms with van der Waals surface area (Å²) < 4.78 is 39.2. The largest absolute Gasteiger partial charge is 0.417 e. The molecular formula is C15H16F3N3. The fourth-order valence-corrected chi connectivity index (χ4v) is 2.73. The maximum Gasteiger partial charge on any atom is 0.417 e. The highest BCUT2D eigenvalue weighted by atomic mass is 19.4. The van der Waals surface area contributed by atoms with Crippen LogP contribution in [-0.2, 0) is 6.18 Å². The number of benzene rings is 1. The number of piperidine rings is 1. The average Bonchev–Trinajstić information content (AvgIpc) is 2.97. The van der Waals surface area contributed by atoms with Crippen LogP contribution < -0.4 is 5.32 Å². The Morgan fingerprint density at radius 3 is 2.71 bits per heavy atom. The molecule has 1 fully saturated rings. The molecule has 2 N–H and O–H groups in total. The smallest absolute Gasteiger partial charge is 0.342 e. The minimum absolute atomic E-state index is 0.146. The Hall–Kier alpha value is -1.82. The molecule has 1 saturated heterocycles. The second-order valence-electron chi connectivity index (χ2n) is 5.27. The van der Waals surface area contributed by atoms with Gasteiger partial charge in [-0.1, -0.05) is 18.2 Å². The molecule has 2 aromatic rings. The van der Waals surface area contributed by atoms with Crippen LogP contribution in [0.2, 0.25) is 0 Å². The zero-order chi connectivity index (χ0) is 14.9. The lowest BCUT2D eigenvalue weighted by molar-refractivity contribution is -0.137. The summed E-state index contributed by atoms with van der Waals surface area (Å²) in [7, 11) is 0. The van der Waals surface area contributed by atoms with E-state index >= 15 is 0 Å². The van der Waals surface area contributed by atoms with Crippen molar-refractivity contribution in [1.82, 2.24) is 15.3 Å². The van der Waals surface area contributed by atoms with Gasteiger partial charge in [0.05, 0.1) is 17.5 Å². The first kappa shape index (κ1) is 14.1. The van der Waals surface area contributed by atoms with Crippen LogP contribution >= 0.6 is 0 Å². The van der Waals surface area contributed by atoms with Crippen molar-refractivity contribution in [3.63, 3.8) is 0 Å². The number of rotatable bonds is 2. The monoisotopic (exact) mass is 295 g/mol. The fraction of sp³-hybridized carbons (Fsp3) is 0.400. The Kier molecular flexibility index (Phi) is 3.71. The van der Waals surface area contributed by atoms with Gasteiger partial charge in [-0.3, -0.25) is 0 Å². The van der Waals surface area contributed by atoms with Gasteiger partial charge in [-0.25, -0.2) is 4.98 Å². The molecule has 3 rings (SSSR count). The SMILES string of the molecule is FC(F)(F)c1ccccc1-c1cnc(C2CCCNC2)[nH]1. The summed E-state index contributed by atoms with van der Waals surface area (Å²) >= 11 is 0. The van der Waals surface area contributed by atoms with E-state index in [-0.39, 0.29) is 11.5 Å². The summed E-state index contributed by atoms with van der Waals surface area (Å²) in [6, 6.07) is 5.57. The third-order valence-corrected chi connectivity index (χ3v) is 3.80. The highest BCUT2D eigenvalue weighted by Gasteiger charge is 2.33. The second kappa shape index (κ2) is 5.52. The number of alkyl halides is 3. The van der Waals surface area contributed by atoms with Crippen molar-refractivity contribution in [1.29, 1.82) is 0 Å². The third kappa shape index (κ3) is 2.95. The summed E-state index contributed by atoms with van der Waals surface area (Å²) in [6.07, 6.45) is -0.816. The van der Waals surface area contributed by atoms with E-state index < -0.39 is 11.7 Å². The highest BCUT2D eigenvalue weighted by Crippen LogP contribution is 2.36. The minimum Gasteiger partial charge on any atom is -0.342 e. The van der Waals surface area contributed by atoms with Crippen LogP contribution in [0.25, 0.3) is 11.3 Å². The molecular weight excluding hydrogens is 279 g/mol. The zero-order valence-corrected chi connectivity index (χ0v) is 11.4. The number of H-pyrrole nitrogens is 1. The Morgan fingerprint density at radius 1 is 1.19 bits per heavy atom. The van der Waals surface area contributed by atoms with Gasteiger partial charge in [0.25, 0.3) is 0 Å². The molecule has 0 saturated carbocycles. The van der Waals surface area contributed by atoms with Crippen LogP contribution in [0, 0.1) is 0 Å². The van der Waals surface area contributed by atoms with Gasteiger partial charge in [0.1, 0.15) is 5.82 Å². The van der Waals surface area contributed by atoms with Crippen molar-refractivity contribution in [2.45, 2.75) is 24.9 Å². The van der Waals surface area contributed by atoms with Crippen molar-refractivity contribution >= 4 is 0 Å². The van der Waals surface area contributed by atoms with E-state index in [1.165, 1.54) is 18.3 Å². The number of nitrogens with one attached hydrogen (secondary N) is 2. The van der Waals surface area contributed by atoms with E-state index in [1.54, 1.807) is 6.07 Å². The molecule has 21 heavy (non-hydrogen) atoms. The van der Waals surface area contributed by atoms with Gasteiger partial charge >= 0.3 is 6.18 Å². The first-order chi connectivity index (χ1) is 10.1. The summed E-state index contributed by atoms with van der Waals surface area (Å²) in [5, 5.41) is 3.28.